The maximum absolute atomic E-state index is 13.3. The molecule has 10 heterocycles. The van der Waals surface area contributed by atoms with Gasteiger partial charge >= 0.3 is 0 Å². The summed E-state index contributed by atoms with van der Waals surface area (Å²) in [5.74, 6) is 0.0607. The number of imidazole rings is 5. The number of anilines is 5. The van der Waals surface area contributed by atoms with Gasteiger partial charge in [-0.05, 0) is 243 Å². The van der Waals surface area contributed by atoms with Gasteiger partial charge in [0.25, 0.3) is 0 Å². The van der Waals surface area contributed by atoms with E-state index >= 15 is 0 Å². The highest BCUT2D eigenvalue weighted by atomic mass is 35.5. The van der Waals surface area contributed by atoms with Gasteiger partial charge in [0, 0.05) is 34.5 Å². The number of benzene rings is 1. The fourth-order valence-electron chi connectivity index (χ4n) is 14.6. The Hall–Kier alpha value is -9.94. The average molecular weight is 1770 g/mol. The van der Waals surface area contributed by atoms with Gasteiger partial charge in [0.2, 0.25) is 59.3 Å². The highest BCUT2D eigenvalue weighted by Crippen LogP contribution is 2.46. The minimum atomic E-state index is -1.74. The number of aliphatic hydroxyl groups is 5. The Labute approximate surface area is 724 Å². The largest absolute Gasteiger partial charge is 0.390 e. The number of nitrogens with zero attached hydrogens (tertiary/aromatic N) is 15. The van der Waals surface area contributed by atoms with Crippen molar-refractivity contribution in [2.24, 2.45) is 5.92 Å². The van der Waals surface area contributed by atoms with E-state index in [1.165, 1.54) is 41.7 Å². The number of carbonyl (C=O) groups excluding carboxylic acids is 5. The van der Waals surface area contributed by atoms with Crippen LogP contribution in [0, 0.1) is 25.6 Å². The van der Waals surface area contributed by atoms with Gasteiger partial charge in [-0.2, -0.15) is 0 Å². The monoisotopic (exact) mass is 1760 g/mol. The summed E-state index contributed by atoms with van der Waals surface area (Å²) in [6.07, 6.45) is 11.5. The predicted octanol–water partition coefficient (Wildman–Crippen LogP) is 15.9. The van der Waals surface area contributed by atoms with Crippen LogP contribution in [0.25, 0.3) is 61.5 Å². The minimum absolute atomic E-state index is 0.0254. The molecule has 4 fully saturated rings. The first kappa shape index (κ1) is 93.8. The summed E-state index contributed by atoms with van der Waals surface area (Å²) in [6.45, 7) is 19.7. The molecule has 4 aliphatic rings. The number of fused-ring (bicyclic) bond motifs is 5. The third-order valence-corrected chi connectivity index (χ3v) is 23.9. The summed E-state index contributed by atoms with van der Waals surface area (Å²) in [6, 6.07) is 23.2. The van der Waals surface area contributed by atoms with Gasteiger partial charge in [-0.3, -0.25) is 73.4 Å². The fraction of sp³-hybridized carbons (Fsp3) is 0.523. The number of pyridine rings is 5. The molecule has 0 aliphatic heterocycles. The van der Waals surface area contributed by atoms with E-state index in [0.717, 1.165) is 92.5 Å². The Morgan fingerprint density at radius 2 is 0.732 bits per heavy atom. The van der Waals surface area contributed by atoms with Crippen LogP contribution in [0.2, 0.25) is 15.5 Å². The van der Waals surface area contributed by atoms with Crippen molar-refractivity contribution < 1.29 is 67.1 Å². The number of nitrogens with one attached hydrogen (secondary N) is 5. The Kier molecular flexibility index (Phi) is 29.2. The molecule has 0 saturated heterocycles. The molecule has 37 heteroatoms. The molecule has 0 bridgehead atoms. The lowest BCUT2D eigenvalue weighted by molar-refractivity contribution is -0.123. The van der Waals surface area contributed by atoms with Crippen molar-refractivity contribution in [1.29, 1.82) is 0 Å². The van der Waals surface area contributed by atoms with Crippen LogP contribution in [0.15, 0.2) is 84.9 Å². The van der Waals surface area contributed by atoms with E-state index in [0.29, 0.717) is 91.1 Å². The van der Waals surface area contributed by atoms with Crippen molar-refractivity contribution in [3.8, 4) is 5.69 Å². The Balaban J connectivity index is 0.000000150. The molecular weight excluding hydrogens is 1660 g/mol. The van der Waals surface area contributed by atoms with E-state index < -0.39 is 78.0 Å². The number of amides is 5. The lowest BCUT2D eigenvalue weighted by Gasteiger charge is -2.40. The summed E-state index contributed by atoms with van der Waals surface area (Å²) in [5.41, 5.74) is 1.26. The molecule has 11 aromatic rings. The standard InChI is InChI=1S/C18H17ClF2N4O2.C18H25FN4O2.C17H22ClFN4O2.C17H23ClN4O2.C16H22N4O2/c1-2-18(27,10-20)9-15(26)24-17-22-13-7-8-14(19)23-16(13)25(17)12-5-3-11(21)4-6-12;1-4-18(25,11-19)10-14(24)22-16-21-13-7-6-12(2)20-15(13)23(16)17(3)8-5-9-17;1-3-17(25,10-19)9-13(24)22-15-20-11-5-6-12(18)21-14(11)23(15)16(2)7-4-8-16;1-4-17(3,24)10-13(23)21-15-19-11-6-7-12(18)20-14(11)22(15)16(2)8-5-9-16;1-10-4-7-12-14(17-10)20(9-11-5-6-11)15(18-12)19-13(21)8-16(2,3)22/h3-8,27H,2,9-10H2,1H3,(H,22,24,26);6-7,25H,4-5,8-11H2,1-3H3,(H,21,22,24);5-6,25H,3-4,7-10H2,1-2H3,(H,20,22,24);6-7,24H,4-5,8-10H2,1-3H3,(H,19,21,23);4,7,11,22H,5-6,8-9H2,1-3H3,(H,18,19,21). The Morgan fingerprint density at radius 3 is 1.09 bits per heavy atom. The van der Waals surface area contributed by atoms with Crippen LogP contribution in [0.3, 0.4) is 0 Å². The zero-order chi connectivity index (χ0) is 89.5. The topological polar surface area (TPSA) is 400 Å². The molecule has 4 saturated carbocycles. The number of carbonyl (C=O) groups is 5. The molecule has 30 nitrogen and oxygen atoms in total. The predicted molar refractivity (Wildman–Crippen MR) is 466 cm³/mol. The number of hydrogen-bond acceptors (Lipinski definition) is 20. The molecule has 5 amide bonds. The molecule has 10 N–H and O–H groups in total. The van der Waals surface area contributed by atoms with E-state index in [1.807, 2.05) is 63.3 Å². The van der Waals surface area contributed by atoms with E-state index in [4.69, 9.17) is 34.8 Å². The quantitative estimate of drug-likeness (QED) is 0.0161. The van der Waals surface area contributed by atoms with Gasteiger partial charge in [-0.15, -0.1) is 0 Å². The van der Waals surface area contributed by atoms with Crippen LogP contribution in [-0.2, 0) is 47.1 Å². The summed E-state index contributed by atoms with van der Waals surface area (Å²) in [4.78, 5) is 106. The summed E-state index contributed by atoms with van der Waals surface area (Å²) in [7, 11) is 0. The Bertz CT molecular complexity index is 5510. The molecular formula is C86H109Cl3F4N20O10. The van der Waals surface area contributed by atoms with Gasteiger partial charge in [0.05, 0.1) is 49.0 Å². The molecule has 4 unspecified atom stereocenters. The van der Waals surface area contributed by atoms with Crippen LogP contribution in [0.5, 0.6) is 0 Å². The van der Waals surface area contributed by atoms with Crippen LogP contribution in [-0.4, -0.2) is 176 Å². The van der Waals surface area contributed by atoms with Gasteiger partial charge in [-0.1, -0.05) is 62.5 Å². The summed E-state index contributed by atoms with van der Waals surface area (Å²) < 4.78 is 61.7. The van der Waals surface area contributed by atoms with Crippen molar-refractivity contribution in [3.63, 3.8) is 0 Å². The molecule has 662 valence electrons. The Morgan fingerprint density at radius 1 is 0.415 bits per heavy atom. The number of halogens is 7. The normalized spacial score (nSPS) is 16.9. The fourth-order valence-corrected chi connectivity index (χ4v) is 15.1. The summed E-state index contributed by atoms with van der Waals surface area (Å²) >= 11 is 18.0. The first-order chi connectivity index (χ1) is 58.0. The van der Waals surface area contributed by atoms with E-state index in [2.05, 4.69) is 97.2 Å². The van der Waals surface area contributed by atoms with Gasteiger partial charge in [0.1, 0.15) is 85.7 Å². The van der Waals surface area contributed by atoms with Gasteiger partial charge in [-0.25, -0.2) is 67.4 Å². The second-order valence-electron chi connectivity index (χ2n) is 34.5. The lowest BCUT2D eigenvalue weighted by atomic mass is 9.78. The maximum Gasteiger partial charge on any atom is 0.229 e. The smallest absolute Gasteiger partial charge is 0.229 e. The van der Waals surface area contributed by atoms with Gasteiger partial charge < -0.3 is 25.5 Å². The van der Waals surface area contributed by atoms with Crippen LogP contribution in [0.1, 0.15) is 209 Å². The van der Waals surface area contributed by atoms with Crippen molar-refractivity contribution in [1.82, 2.24) is 72.7 Å². The first-order valence-corrected chi connectivity index (χ1v) is 42.6. The molecule has 0 spiro atoms. The number of alkyl halides is 3. The molecule has 10 aromatic heterocycles. The summed E-state index contributed by atoms with van der Waals surface area (Å²) in [5, 5.41) is 64.7. The number of hydrogen-bond donors (Lipinski definition) is 10. The van der Waals surface area contributed by atoms with Gasteiger partial charge in [0.15, 0.2) is 28.2 Å². The molecule has 1 aromatic carbocycles. The number of aromatic nitrogens is 15. The van der Waals surface area contributed by atoms with Crippen molar-refractivity contribution in [2.75, 3.05) is 46.6 Å². The van der Waals surface area contributed by atoms with Crippen molar-refractivity contribution in [3.05, 3.63) is 118 Å². The van der Waals surface area contributed by atoms with E-state index in [1.54, 1.807) is 77.9 Å². The third-order valence-electron chi connectivity index (χ3n) is 23.3. The van der Waals surface area contributed by atoms with Crippen LogP contribution in [0.4, 0.5) is 47.3 Å². The molecule has 15 rings (SSSR count). The highest BCUT2D eigenvalue weighted by molar-refractivity contribution is 6.30. The third kappa shape index (κ3) is 22.8. The average Bonchev–Trinajstić information content (AvgIpc) is 1.59. The molecule has 0 radical (unpaired) electrons. The maximum atomic E-state index is 13.3. The number of aryl methyl sites for hydroxylation is 2. The van der Waals surface area contributed by atoms with Crippen LogP contribution < -0.4 is 26.6 Å². The lowest BCUT2D eigenvalue weighted by Crippen LogP contribution is -2.40. The molecule has 123 heavy (non-hydrogen) atoms. The van der Waals surface area contributed by atoms with Crippen molar-refractivity contribution >= 4 is 150 Å². The molecule has 4 aliphatic carbocycles. The van der Waals surface area contributed by atoms with Crippen molar-refractivity contribution in [2.45, 2.75) is 263 Å². The second-order valence-corrected chi connectivity index (χ2v) is 35.7. The molecule has 4 atom stereocenters. The first-order valence-electron chi connectivity index (χ1n) is 41.4. The zero-order valence-electron chi connectivity index (χ0n) is 71.3. The SMILES string of the molecule is CCC(C)(O)CC(=O)Nc1nc2ccc(Cl)nc2n1C1(C)CCC1.CCC(O)(CF)CC(=O)Nc1nc2ccc(C)nc2n1C1(C)CCC1.CCC(O)(CF)CC(=O)Nc1nc2ccc(Cl)nc2n1-c1ccc(F)cc1.CCC(O)(CF)CC(=O)Nc1nc2ccc(Cl)nc2n1C1(C)CCC1.Cc1ccc2nc(NC(=O)CC(C)(C)O)n(CC3CC3)c2n1. The number of rotatable bonds is 28. The highest BCUT2D eigenvalue weighted by Gasteiger charge is 2.42. The minimum Gasteiger partial charge on any atom is -0.390 e. The second kappa shape index (κ2) is 38.3. The van der Waals surface area contributed by atoms with E-state index in [9.17, 15) is 67.1 Å². The zero-order valence-corrected chi connectivity index (χ0v) is 73.5. The van der Waals surface area contributed by atoms with Crippen LogP contribution >= 0.6 is 34.8 Å². The van der Waals surface area contributed by atoms with E-state index in [-0.39, 0.29) is 84.5 Å².